The summed E-state index contributed by atoms with van der Waals surface area (Å²) >= 11 is 0. The van der Waals surface area contributed by atoms with Crippen LogP contribution in [0.5, 0.6) is 0 Å². The lowest BCUT2D eigenvalue weighted by Gasteiger charge is -2.06. The molecule has 0 saturated carbocycles. The lowest BCUT2D eigenvalue weighted by Crippen LogP contribution is -2.18. The quantitative estimate of drug-likeness (QED) is 0.722. The molecule has 0 amide bonds. The predicted octanol–water partition coefficient (Wildman–Crippen LogP) is 2.01. The van der Waals surface area contributed by atoms with Gasteiger partial charge in [0.05, 0.1) is 11.9 Å². The molecular formula is C14H14N4O. The van der Waals surface area contributed by atoms with Crippen LogP contribution in [0.1, 0.15) is 16.8 Å². The van der Waals surface area contributed by atoms with Crippen LogP contribution in [0.2, 0.25) is 0 Å². The second-order valence-corrected chi connectivity index (χ2v) is 4.75. The van der Waals surface area contributed by atoms with Crippen LogP contribution in [0, 0.1) is 20.8 Å². The fourth-order valence-electron chi connectivity index (χ4n) is 2.35. The van der Waals surface area contributed by atoms with Gasteiger partial charge >= 0.3 is 5.69 Å². The number of aryl methyl sites for hydroxylation is 3. The summed E-state index contributed by atoms with van der Waals surface area (Å²) in [5.41, 5.74) is 5.64. The molecule has 1 N–H and O–H groups in total. The Kier molecular flexibility index (Phi) is 2.48. The Bertz CT molecular complexity index is 829. The van der Waals surface area contributed by atoms with Crippen LogP contribution in [0.25, 0.3) is 16.6 Å². The van der Waals surface area contributed by atoms with Gasteiger partial charge in [-0.1, -0.05) is 23.8 Å². The number of H-pyrrole nitrogens is 1. The van der Waals surface area contributed by atoms with Gasteiger partial charge in [0.15, 0.2) is 0 Å². The lowest BCUT2D eigenvalue weighted by molar-refractivity contribution is 0.801. The standard InChI is InChI=1S/C14H14N4O/c1-8-4-5-9(2)11(6-8)13-10(3)17-18-12(13)7-15-16-14(18)19/h4-7H,1-3H3,(H,16,19). The number of nitrogens with zero attached hydrogens (tertiary/aromatic N) is 3. The van der Waals surface area contributed by atoms with E-state index in [0.29, 0.717) is 0 Å². The summed E-state index contributed by atoms with van der Waals surface area (Å²) in [7, 11) is 0. The third-order valence-electron chi connectivity index (χ3n) is 3.30. The van der Waals surface area contributed by atoms with Crippen LogP contribution in [0.3, 0.4) is 0 Å². The van der Waals surface area contributed by atoms with Crippen LogP contribution >= 0.6 is 0 Å². The Morgan fingerprint density at radius 1 is 1.21 bits per heavy atom. The molecule has 5 heteroatoms. The van der Waals surface area contributed by atoms with E-state index in [1.54, 1.807) is 6.20 Å². The van der Waals surface area contributed by atoms with Gasteiger partial charge in [0, 0.05) is 5.56 Å². The van der Waals surface area contributed by atoms with Crippen molar-refractivity contribution in [3.8, 4) is 11.1 Å². The maximum absolute atomic E-state index is 11.7. The summed E-state index contributed by atoms with van der Waals surface area (Å²) in [4.78, 5) is 11.7. The van der Waals surface area contributed by atoms with Crippen molar-refractivity contribution in [2.75, 3.05) is 0 Å². The van der Waals surface area contributed by atoms with Crippen molar-refractivity contribution in [3.63, 3.8) is 0 Å². The van der Waals surface area contributed by atoms with E-state index in [1.165, 1.54) is 10.1 Å². The number of aromatic nitrogens is 4. The highest BCUT2D eigenvalue weighted by Crippen LogP contribution is 2.30. The molecule has 0 unspecified atom stereocenters. The van der Waals surface area contributed by atoms with E-state index >= 15 is 0 Å². The van der Waals surface area contributed by atoms with Crippen LogP contribution in [-0.4, -0.2) is 19.8 Å². The van der Waals surface area contributed by atoms with Gasteiger partial charge in [0.2, 0.25) is 0 Å². The minimum atomic E-state index is -0.322. The number of hydrogen-bond acceptors (Lipinski definition) is 3. The molecule has 0 aliphatic carbocycles. The summed E-state index contributed by atoms with van der Waals surface area (Å²) in [6.07, 6.45) is 1.64. The highest BCUT2D eigenvalue weighted by atomic mass is 16.1. The zero-order chi connectivity index (χ0) is 13.6. The Labute approximate surface area is 109 Å². The van der Waals surface area contributed by atoms with Gasteiger partial charge in [0.25, 0.3) is 0 Å². The van der Waals surface area contributed by atoms with Crippen LogP contribution < -0.4 is 5.69 Å². The summed E-state index contributed by atoms with van der Waals surface area (Å²) in [5, 5.41) is 10.5. The van der Waals surface area contributed by atoms with E-state index in [-0.39, 0.29) is 5.69 Å². The molecule has 0 atom stereocenters. The summed E-state index contributed by atoms with van der Waals surface area (Å²) in [5.74, 6) is 0. The first-order chi connectivity index (χ1) is 9.08. The second-order valence-electron chi connectivity index (χ2n) is 4.75. The van der Waals surface area contributed by atoms with Gasteiger partial charge in [-0.2, -0.15) is 14.7 Å². The van der Waals surface area contributed by atoms with E-state index in [2.05, 4.69) is 47.3 Å². The maximum Gasteiger partial charge on any atom is 0.363 e. The first-order valence-electron chi connectivity index (χ1n) is 6.08. The predicted molar refractivity (Wildman–Crippen MR) is 73.3 cm³/mol. The van der Waals surface area contributed by atoms with Gasteiger partial charge in [-0.05, 0) is 31.9 Å². The van der Waals surface area contributed by atoms with E-state index in [0.717, 1.165) is 27.9 Å². The summed E-state index contributed by atoms with van der Waals surface area (Å²) in [6.45, 7) is 6.01. The number of rotatable bonds is 1. The number of benzene rings is 1. The van der Waals surface area contributed by atoms with Gasteiger partial charge in [-0.25, -0.2) is 9.89 Å². The van der Waals surface area contributed by atoms with Gasteiger partial charge in [0.1, 0.15) is 5.52 Å². The zero-order valence-electron chi connectivity index (χ0n) is 11.1. The Balaban J connectivity index is 2.43. The molecule has 5 nitrogen and oxygen atoms in total. The maximum atomic E-state index is 11.7. The molecule has 96 valence electrons. The smallest absolute Gasteiger partial charge is 0.244 e. The van der Waals surface area contributed by atoms with E-state index in [4.69, 9.17) is 0 Å². The number of fused-ring (bicyclic) bond motifs is 1. The topological polar surface area (TPSA) is 63.1 Å². The molecule has 0 spiro atoms. The highest BCUT2D eigenvalue weighted by Gasteiger charge is 2.15. The largest absolute Gasteiger partial charge is 0.363 e. The molecule has 3 rings (SSSR count). The summed E-state index contributed by atoms with van der Waals surface area (Å²) in [6, 6.07) is 6.26. The van der Waals surface area contributed by atoms with Crippen molar-refractivity contribution < 1.29 is 0 Å². The normalized spacial score (nSPS) is 11.1. The Morgan fingerprint density at radius 2 is 2.00 bits per heavy atom. The van der Waals surface area contributed by atoms with Crippen molar-refractivity contribution in [2.45, 2.75) is 20.8 Å². The number of hydrogen-bond donors (Lipinski definition) is 1. The fraction of sp³-hybridized carbons (Fsp3) is 0.214. The Hall–Kier alpha value is -2.43. The molecule has 0 fully saturated rings. The van der Waals surface area contributed by atoms with Crippen LogP contribution in [-0.2, 0) is 0 Å². The van der Waals surface area contributed by atoms with Crippen molar-refractivity contribution in [2.24, 2.45) is 0 Å². The highest BCUT2D eigenvalue weighted by molar-refractivity contribution is 5.83. The molecular weight excluding hydrogens is 240 g/mol. The van der Waals surface area contributed by atoms with Gasteiger partial charge in [-0.15, -0.1) is 0 Å². The molecule has 1 aromatic carbocycles. The van der Waals surface area contributed by atoms with Gasteiger partial charge < -0.3 is 0 Å². The number of aromatic amines is 1. The number of nitrogens with one attached hydrogen (secondary N) is 1. The van der Waals surface area contributed by atoms with Crippen molar-refractivity contribution >= 4 is 5.52 Å². The molecule has 2 aromatic heterocycles. The first-order valence-corrected chi connectivity index (χ1v) is 6.08. The first kappa shape index (κ1) is 11.6. The molecule has 2 heterocycles. The van der Waals surface area contributed by atoms with E-state index in [1.807, 2.05) is 6.92 Å². The average Bonchev–Trinajstić information content (AvgIpc) is 2.70. The van der Waals surface area contributed by atoms with Crippen molar-refractivity contribution in [1.82, 2.24) is 19.8 Å². The van der Waals surface area contributed by atoms with Crippen LogP contribution in [0.4, 0.5) is 0 Å². The molecule has 0 aliphatic heterocycles. The van der Waals surface area contributed by atoms with E-state index in [9.17, 15) is 4.79 Å². The summed E-state index contributed by atoms with van der Waals surface area (Å²) < 4.78 is 1.36. The minimum absolute atomic E-state index is 0.322. The second kappa shape index (κ2) is 4.05. The Morgan fingerprint density at radius 3 is 2.79 bits per heavy atom. The molecule has 0 aliphatic rings. The van der Waals surface area contributed by atoms with Gasteiger partial charge in [-0.3, -0.25) is 0 Å². The molecule has 0 bridgehead atoms. The molecule has 0 saturated heterocycles. The molecule has 3 aromatic rings. The third kappa shape index (κ3) is 1.74. The third-order valence-corrected chi connectivity index (χ3v) is 3.30. The minimum Gasteiger partial charge on any atom is -0.244 e. The fourth-order valence-corrected chi connectivity index (χ4v) is 2.35. The monoisotopic (exact) mass is 254 g/mol. The zero-order valence-corrected chi connectivity index (χ0v) is 11.1. The van der Waals surface area contributed by atoms with E-state index < -0.39 is 0 Å². The average molecular weight is 254 g/mol. The van der Waals surface area contributed by atoms with Crippen molar-refractivity contribution in [3.05, 3.63) is 51.7 Å². The lowest BCUT2D eigenvalue weighted by atomic mass is 9.98. The molecule has 0 radical (unpaired) electrons. The SMILES string of the molecule is Cc1ccc(C)c(-c2c(C)nn3c(=O)[nH]ncc23)c1. The van der Waals surface area contributed by atoms with Crippen molar-refractivity contribution in [1.29, 1.82) is 0 Å². The van der Waals surface area contributed by atoms with Crippen LogP contribution in [0.15, 0.2) is 29.2 Å². The molecule has 19 heavy (non-hydrogen) atoms.